The zero-order valence-corrected chi connectivity index (χ0v) is 13.6. The van der Waals surface area contributed by atoms with Gasteiger partial charge in [0.15, 0.2) is 0 Å². The third kappa shape index (κ3) is 6.37. The Hall–Kier alpha value is -2.57. The highest BCUT2D eigenvalue weighted by molar-refractivity contribution is 5.87. The Balaban J connectivity index is 2.80. The molecule has 23 heavy (non-hydrogen) atoms. The fraction of sp³-hybridized carbons (Fsp3) is 0.438. The number of carboxylic acids is 1. The number of carbonyl (C=O) groups excluding carboxylic acids is 2. The molecule has 0 aliphatic rings. The average molecular weight is 323 g/mol. The summed E-state index contributed by atoms with van der Waals surface area (Å²) in [4.78, 5) is 34.4. The molecular weight excluding hydrogens is 302 g/mol. The average Bonchev–Trinajstić information content (AvgIpc) is 2.44. The Morgan fingerprint density at radius 3 is 2.17 bits per heavy atom. The molecular formula is C16H21NO6. The van der Waals surface area contributed by atoms with Crippen LogP contribution in [0.3, 0.4) is 0 Å². The second-order valence-corrected chi connectivity index (χ2v) is 5.93. The van der Waals surface area contributed by atoms with Crippen molar-refractivity contribution in [2.45, 2.75) is 38.8 Å². The number of ether oxygens (including phenoxy) is 2. The molecule has 2 N–H and O–H groups in total. The molecule has 0 spiro atoms. The number of rotatable bonds is 5. The molecule has 0 saturated carbocycles. The quantitative estimate of drug-likeness (QED) is 0.804. The minimum atomic E-state index is -1.03. The summed E-state index contributed by atoms with van der Waals surface area (Å²) in [5.74, 6) is -1.65. The van der Waals surface area contributed by atoms with Gasteiger partial charge in [0.05, 0.1) is 12.7 Å². The number of alkyl carbamates (subject to hydrolysis) is 1. The number of esters is 1. The van der Waals surface area contributed by atoms with Crippen LogP contribution in [0.25, 0.3) is 0 Å². The first-order chi connectivity index (χ1) is 10.6. The normalized spacial score (nSPS) is 12.2. The van der Waals surface area contributed by atoms with Crippen molar-refractivity contribution in [2.24, 2.45) is 0 Å². The molecule has 0 aliphatic carbocycles. The molecule has 1 rings (SSSR count). The maximum Gasteiger partial charge on any atom is 0.408 e. The van der Waals surface area contributed by atoms with E-state index in [4.69, 9.17) is 9.84 Å². The van der Waals surface area contributed by atoms with Crippen LogP contribution in [-0.2, 0) is 20.7 Å². The van der Waals surface area contributed by atoms with E-state index in [1.165, 1.54) is 19.2 Å². The number of carbonyl (C=O) groups is 3. The van der Waals surface area contributed by atoms with E-state index < -0.39 is 29.7 Å². The van der Waals surface area contributed by atoms with Gasteiger partial charge in [0.2, 0.25) is 0 Å². The number of hydrogen-bond acceptors (Lipinski definition) is 5. The van der Waals surface area contributed by atoms with Crippen molar-refractivity contribution in [3.63, 3.8) is 0 Å². The largest absolute Gasteiger partial charge is 0.478 e. The number of nitrogens with one attached hydrogen (secondary N) is 1. The van der Waals surface area contributed by atoms with Crippen LogP contribution in [-0.4, -0.2) is 41.9 Å². The molecule has 7 heteroatoms. The van der Waals surface area contributed by atoms with E-state index in [9.17, 15) is 14.4 Å². The van der Waals surface area contributed by atoms with Crippen molar-refractivity contribution in [3.05, 3.63) is 35.4 Å². The molecule has 0 fully saturated rings. The van der Waals surface area contributed by atoms with Gasteiger partial charge in [0.25, 0.3) is 0 Å². The number of aromatic carboxylic acids is 1. The fourth-order valence-corrected chi connectivity index (χ4v) is 1.80. The van der Waals surface area contributed by atoms with E-state index in [-0.39, 0.29) is 12.0 Å². The Bertz CT molecular complexity index is 573. The van der Waals surface area contributed by atoms with Crippen molar-refractivity contribution >= 4 is 18.0 Å². The van der Waals surface area contributed by atoms with Gasteiger partial charge in [-0.1, -0.05) is 12.1 Å². The van der Waals surface area contributed by atoms with E-state index in [1.54, 1.807) is 32.9 Å². The lowest BCUT2D eigenvalue weighted by Gasteiger charge is -2.22. The summed E-state index contributed by atoms with van der Waals surface area (Å²) >= 11 is 0. The molecule has 7 nitrogen and oxygen atoms in total. The minimum absolute atomic E-state index is 0.142. The Kier molecular flexibility index (Phi) is 6.12. The lowest BCUT2D eigenvalue weighted by Crippen LogP contribution is -2.45. The molecule has 0 aromatic heterocycles. The summed E-state index contributed by atoms with van der Waals surface area (Å²) in [6.07, 6.45) is -0.568. The first-order valence-corrected chi connectivity index (χ1v) is 7.02. The first-order valence-electron chi connectivity index (χ1n) is 7.02. The molecule has 126 valence electrons. The third-order valence-electron chi connectivity index (χ3n) is 2.82. The third-order valence-corrected chi connectivity index (χ3v) is 2.82. The number of carboxylic acid groups (broad SMARTS) is 1. The van der Waals surface area contributed by atoms with Crippen molar-refractivity contribution in [2.75, 3.05) is 7.11 Å². The van der Waals surface area contributed by atoms with Crippen molar-refractivity contribution in [1.82, 2.24) is 5.32 Å². The Morgan fingerprint density at radius 1 is 1.17 bits per heavy atom. The van der Waals surface area contributed by atoms with E-state index in [1.807, 2.05) is 0 Å². The summed E-state index contributed by atoms with van der Waals surface area (Å²) in [6, 6.07) is 5.09. The number of benzene rings is 1. The molecule has 0 unspecified atom stereocenters. The van der Waals surface area contributed by atoms with Crippen LogP contribution >= 0.6 is 0 Å². The van der Waals surface area contributed by atoms with Gasteiger partial charge in [-0.15, -0.1) is 0 Å². The van der Waals surface area contributed by atoms with Crippen molar-refractivity contribution in [1.29, 1.82) is 0 Å². The van der Waals surface area contributed by atoms with Crippen LogP contribution in [0.2, 0.25) is 0 Å². The highest BCUT2D eigenvalue weighted by Gasteiger charge is 2.25. The molecule has 1 amide bonds. The van der Waals surface area contributed by atoms with Crippen LogP contribution < -0.4 is 5.32 Å². The van der Waals surface area contributed by atoms with Crippen LogP contribution in [0.4, 0.5) is 4.79 Å². The van der Waals surface area contributed by atoms with E-state index >= 15 is 0 Å². The topological polar surface area (TPSA) is 102 Å². The van der Waals surface area contributed by atoms with Gasteiger partial charge in [-0.2, -0.15) is 0 Å². The van der Waals surface area contributed by atoms with E-state index in [0.29, 0.717) is 5.56 Å². The Labute approximate surface area is 134 Å². The molecule has 0 aliphatic heterocycles. The van der Waals surface area contributed by atoms with Crippen molar-refractivity contribution < 1.29 is 29.0 Å². The zero-order valence-electron chi connectivity index (χ0n) is 13.6. The highest BCUT2D eigenvalue weighted by atomic mass is 16.6. The van der Waals surface area contributed by atoms with Crippen LogP contribution in [0.15, 0.2) is 24.3 Å². The van der Waals surface area contributed by atoms with Gasteiger partial charge in [-0.05, 0) is 38.5 Å². The van der Waals surface area contributed by atoms with Gasteiger partial charge in [0, 0.05) is 6.42 Å². The predicted molar refractivity (Wildman–Crippen MR) is 82.3 cm³/mol. The number of hydrogen-bond donors (Lipinski definition) is 2. The van der Waals surface area contributed by atoms with E-state index in [2.05, 4.69) is 10.1 Å². The highest BCUT2D eigenvalue weighted by Crippen LogP contribution is 2.10. The van der Waals surface area contributed by atoms with Gasteiger partial charge in [0.1, 0.15) is 11.6 Å². The SMILES string of the molecule is COC(=O)[C@H](Cc1ccc(C(=O)O)cc1)NC(=O)OC(C)(C)C. The van der Waals surface area contributed by atoms with Gasteiger partial charge in [-0.3, -0.25) is 0 Å². The maximum absolute atomic E-state index is 11.8. The summed E-state index contributed by atoms with van der Waals surface area (Å²) in [7, 11) is 1.22. The lowest BCUT2D eigenvalue weighted by atomic mass is 10.0. The second kappa shape index (κ2) is 7.62. The maximum atomic E-state index is 11.8. The monoisotopic (exact) mass is 323 g/mol. The summed E-state index contributed by atoms with van der Waals surface area (Å²) in [5.41, 5.74) is 0.137. The van der Waals surface area contributed by atoms with E-state index in [0.717, 1.165) is 0 Å². The van der Waals surface area contributed by atoms with Gasteiger partial charge < -0.3 is 19.9 Å². The Morgan fingerprint density at radius 2 is 1.74 bits per heavy atom. The summed E-state index contributed by atoms with van der Waals surface area (Å²) in [5, 5.41) is 11.3. The van der Waals surface area contributed by atoms with Crippen molar-refractivity contribution in [3.8, 4) is 0 Å². The molecule has 0 bridgehead atoms. The molecule has 0 saturated heterocycles. The van der Waals surface area contributed by atoms with Crippen LogP contribution in [0.5, 0.6) is 0 Å². The van der Waals surface area contributed by atoms with Gasteiger partial charge in [-0.25, -0.2) is 14.4 Å². The second-order valence-electron chi connectivity index (χ2n) is 5.93. The predicted octanol–water partition coefficient (Wildman–Crippen LogP) is 1.99. The molecule has 1 aromatic rings. The smallest absolute Gasteiger partial charge is 0.408 e. The molecule has 0 heterocycles. The van der Waals surface area contributed by atoms with Crippen LogP contribution in [0.1, 0.15) is 36.7 Å². The number of methoxy groups -OCH3 is 1. The molecule has 1 atom stereocenters. The summed E-state index contributed by atoms with van der Waals surface area (Å²) < 4.78 is 9.79. The standard InChI is InChI=1S/C16H21NO6/c1-16(2,3)23-15(21)17-12(14(20)22-4)9-10-5-7-11(8-6-10)13(18)19/h5-8,12H,9H2,1-4H3,(H,17,21)(H,18,19)/t12-/m0/s1. The molecule has 0 radical (unpaired) electrons. The lowest BCUT2D eigenvalue weighted by molar-refractivity contribution is -0.143. The minimum Gasteiger partial charge on any atom is -0.478 e. The molecule has 1 aromatic carbocycles. The number of amides is 1. The summed E-state index contributed by atoms with van der Waals surface area (Å²) in [6.45, 7) is 5.14. The first kappa shape index (κ1) is 18.5. The van der Waals surface area contributed by atoms with Gasteiger partial charge >= 0.3 is 18.0 Å². The van der Waals surface area contributed by atoms with Crippen LogP contribution in [0, 0.1) is 0 Å². The zero-order chi connectivity index (χ0) is 17.6. The fourth-order valence-electron chi connectivity index (χ4n) is 1.80.